The molecule has 1 rings (SSSR count). The number of carbonyl (C=O) groups excluding carboxylic acids is 3. The lowest BCUT2D eigenvalue weighted by atomic mass is 10.2. The zero-order valence-electron chi connectivity index (χ0n) is 14.0. The molecule has 0 aromatic heterocycles. The number of esters is 3. The van der Waals surface area contributed by atoms with Crippen LogP contribution >= 0.6 is 0 Å². The average molecular weight is 336 g/mol. The summed E-state index contributed by atoms with van der Waals surface area (Å²) in [4.78, 5) is 33.9. The second-order valence-electron chi connectivity index (χ2n) is 5.16. The molecule has 0 aliphatic carbocycles. The fraction of sp³-hybridized carbons (Fsp3) is 0.500. The van der Waals surface area contributed by atoms with Gasteiger partial charge in [0.15, 0.2) is 0 Å². The molecule has 0 aliphatic rings. The number of hydrogen-bond donors (Lipinski definition) is 0. The Labute approximate surface area is 142 Å². The van der Waals surface area contributed by atoms with Crippen LogP contribution in [0.1, 0.15) is 44.6 Å². The molecule has 6 heteroatoms. The van der Waals surface area contributed by atoms with Crippen molar-refractivity contribution in [2.75, 3.05) is 13.2 Å². The molecule has 1 aromatic carbocycles. The maximum atomic E-state index is 11.6. The van der Waals surface area contributed by atoms with Crippen LogP contribution in [0.4, 0.5) is 0 Å². The van der Waals surface area contributed by atoms with Gasteiger partial charge in [0.1, 0.15) is 13.0 Å². The summed E-state index contributed by atoms with van der Waals surface area (Å²) in [5, 5.41) is 0. The molecule has 0 saturated carbocycles. The summed E-state index contributed by atoms with van der Waals surface area (Å²) in [5.41, 5.74) is 0.958. The summed E-state index contributed by atoms with van der Waals surface area (Å²) in [7, 11) is 0. The Kier molecular flexibility index (Phi) is 9.92. The number of unbranched alkanes of at least 4 members (excludes halogenated alkanes) is 2. The molecule has 6 nitrogen and oxygen atoms in total. The van der Waals surface area contributed by atoms with Crippen LogP contribution in [0.2, 0.25) is 0 Å². The molecule has 0 N–H and O–H groups in total. The van der Waals surface area contributed by atoms with Crippen LogP contribution in [0.3, 0.4) is 0 Å². The van der Waals surface area contributed by atoms with Gasteiger partial charge in [0, 0.05) is 6.42 Å². The summed E-state index contributed by atoms with van der Waals surface area (Å²) in [6, 6.07) is 9.50. The molecule has 0 heterocycles. The van der Waals surface area contributed by atoms with Crippen LogP contribution in [0.15, 0.2) is 30.3 Å². The minimum Gasteiger partial charge on any atom is -0.466 e. The Hall–Kier alpha value is -2.37. The molecular formula is C18H24O6. The van der Waals surface area contributed by atoms with E-state index in [1.165, 1.54) is 0 Å². The monoisotopic (exact) mass is 336 g/mol. The van der Waals surface area contributed by atoms with E-state index in [1.54, 1.807) is 6.92 Å². The van der Waals surface area contributed by atoms with E-state index >= 15 is 0 Å². The molecule has 0 unspecified atom stereocenters. The van der Waals surface area contributed by atoms with Gasteiger partial charge in [-0.05, 0) is 31.7 Å². The lowest BCUT2D eigenvalue weighted by Crippen LogP contribution is -2.14. The first-order valence-electron chi connectivity index (χ1n) is 8.12. The molecule has 132 valence electrons. The molecular weight excluding hydrogens is 312 g/mol. The van der Waals surface area contributed by atoms with Crippen LogP contribution in [0, 0.1) is 0 Å². The van der Waals surface area contributed by atoms with Gasteiger partial charge in [-0.25, -0.2) is 0 Å². The Balaban J connectivity index is 1.98. The Bertz CT molecular complexity index is 512. The lowest BCUT2D eigenvalue weighted by Gasteiger charge is -2.06. The third-order valence-electron chi connectivity index (χ3n) is 3.12. The maximum absolute atomic E-state index is 11.6. The number of carbonyl (C=O) groups is 3. The highest BCUT2D eigenvalue weighted by molar-refractivity contribution is 5.91. The third kappa shape index (κ3) is 9.61. The largest absolute Gasteiger partial charge is 0.466 e. The van der Waals surface area contributed by atoms with Crippen molar-refractivity contribution >= 4 is 17.9 Å². The topological polar surface area (TPSA) is 78.9 Å². The van der Waals surface area contributed by atoms with E-state index in [1.807, 2.05) is 30.3 Å². The molecule has 1 aromatic rings. The average Bonchev–Trinajstić information content (AvgIpc) is 2.57. The zero-order chi connectivity index (χ0) is 17.6. The van der Waals surface area contributed by atoms with E-state index in [-0.39, 0.29) is 32.2 Å². The fourth-order valence-corrected chi connectivity index (χ4v) is 1.93. The predicted molar refractivity (Wildman–Crippen MR) is 86.9 cm³/mol. The van der Waals surface area contributed by atoms with Crippen molar-refractivity contribution < 1.29 is 28.6 Å². The van der Waals surface area contributed by atoms with Crippen molar-refractivity contribution in [1.29, 1.82) is 0 Å². The Morgan fingerprint density at radius 1 is 0.833 bits per heavy atom. The first-order valence-corrected chi connectivity index (χ1v) is 8.12. The van der Waals surface area contributed by atoms with Crippen LogP contribution in [0.25, 0.3) is 0 Å². The zero-order valence-corrected chi connectivity index (χ0v) is 14.0. The van der Waals surface area contributed by atoms with Crippen molar-refractivity contribution in [3.63, 3.8) is 0 Å². The van der Waals surface area contributed by atoms with Gasteiger partial charge in [0.2, 0.25) is 0 Å². The Morgan fingerprint density at radius 3 is 2.25 bits per heavy atom. The number of hydrogen-bond acceptors (Lipinski definition) is 6. The molecule has 0 bridgehead atoms. The quantitative estimate of drug-likeness (QED) is 0.268. The Morgan fingerprint density at radius 2 is 1.54 bits per heavy atom. The maximum Gasteiger partial charge on any atom is 0.317 e. The van der Waals surface area contributed by atoms with Crippen molar-refractivity contribution in [2.24, 2.45) is 0 Å². The molecule has 24 heavy (non-hydrogen) atoms. The van der Waals surface area contributed by atoms with Gasteiger partial charge in [-0.2, -0.15) is 0 Å². The minimum atomic E-state index is -0.587. The third-order valence-corrected chi connectivity index (χ3v) is 3.12. The van der Waals surface area contributed by atoms with Gasteiger partial charge in [0.05, 0.1) is 13.2 Å². The van der Waals surface area contributed by atoms with E-state index in [4.69, 9.17) is 9.47 Å². The first kappa shape index (κ1) is 19.7. The summed E-state index contributed by atoms with van der Waals surface area (Å²) in [6.45, 7) is 2.43. The van der Waals surface area contributed by atoms with Gasteiger partial charge in [-0.3, -0.25) is 14.4 Å². The van der Waals surface area contributed by atoms with Crippen molar-refractivity contribution in [1.82, 2.24) is 0 Å². The van der Waals surface area contributed by atoms with E-state index in [0.29, 0.717) is 19.3 Å². The van der Waals surface area contributed by atoms with Crippen molar-refractivity contribution in [3.8, 4) is 0 Å². The fourth-order valence-electron chi connectivity index (χ4n) is 1.93. The van der Waals surface area contributed by atoms with E-state index < -0.39 is 11.9 Å². The molecule has 0 spiro atoms. The summed E-state index contributed by atoms with van der Waals surface area (Å²) >= 11 is 0. The SMILES string of the molecule is CCOC(=O)CC(=O)OCCCCCC(=O)OCc1ccccc1. The van der Waals surface area contributed by atoms with Crippen molar-refractivity contribution in [3.05, 3.63) is 35.9 Å². The smallest absolute Gasteiger partial charge is 0.317 e. The minimum absolute atomic E-state index is 0.233. The van der Waals surface area contributed by atoms with Gasteiger partial charge < -0.3 is 14.2 Å². The molecule has 0 aliphatic heterocycles. The van der Waals surface area contributed by atoms with E-state index in [0.717, 1.165) is 12.0 Å². The molecule has 0 radical (unpaired) electrons. The van der Waals surface area contributed by atoms with Crippen molar-refractivity contribution in [2.45, 2.75) is 45.6 Å². The highest BCUT2D eigenvalue weighted by Crippen LogP contribution is 2.05. The first-order chi connectivity index (χ1) is 11.6. The van der Waals surface area contributed by atoms with Gasteiger partial charge >= 0.3 is 17.9 Å². The molecule has 0 amide bonds. The van der Waals surface area contributed by atoms with Gasteiger partial charge in [-0.1, -0.05) is 30.3 Å². The number of benzene rings is 1. The van der Waals surface area contributed by atoms with E-state index in [2.05, 4.69) is 4.74 Å². The highest BCUT2D eigenvalue weighted by Gasteiger charge is 2.11. The van der Waals surface area contributed by atoms with Gasteiger partial charge in [-0.15, -0.1) is 0 Å². The van der Waals surface area contributed by atoms with Crippen LogP contribution in [-0.2, 0) is 35.2 Å². The van der Waals surface area contributed by atoms with Crippen LogP contribution in [-0.4, -0.2) is 31.1 Å². The second-order valence-corrected chi connectivity index (χ2v) is 5.16. The molecule has 0 saturated heterocycles. The van der Waals surface area contributed by atoms with E-state index in [9.17, 15) is 14.4 Å². The molecule has 0 atom stereocenters. The lowest BCUT2D eigenvalue weighted by molar-refractivity contribution is -0.154. The summed E-state index contributed by atoms with van der Waals surface area (Å²) < 4.78 is 14.7. The summed E-state index contributed by atoms with van der Waals surface area (Å²) in [5.74, 6) is -1.41. The van der Waals surface area contributed by atoms with Crippen LogP contribution in [0.5, 0.6) is 0 Å². The molecule has 0 fully saturated rings. The highest BCUT2D eigenvalue weighted by atomic mass is 16.6. The van der Waals surface area contributed by atoms with Gasteiger partial charge in [0.25, 0.3) is 0 Å². The normalized spacial score (nSPS) is 10.0. The second kappa shape index (κ2) is 12.1. The number of ether oxygens (including phenoxy) is 3. The standard InChI is InChI=1S/C18H24O6/c1-2-22-17(20)13-18(21)23-12-8-4-7-11-16(19)24-14-15-9-5-3-6-10-15/h3,5-6,9-10H,2,4,7-8,11-14H2,1H3. The summed E-state index contributed by atoms with van der Waals surface area (Å²) in [6.07, 6.45) is 2.03. The number of rotatable bonds is 11. The predicted octanol–water partition coefficient (Wildman–Crippen LogP) is 2.79. The van der Waals surface area contributed by atoms with Crippen LogP contribution < -0.4 is 0 Å².